The maximum absolute atomic E-state index is 12.9. The molecular formula is C12H18F3N3O3. The van der Waals surface area contributed by atoms with Gasteiger partial charge in [-0.3, -0.25) is 0 Å². The number of rotatable bonds is 4. The lowest BCUT2D eigenvalue weighted by Gasteiger charge is -2.33. The first-order chi connectivity index (χ1) is 9.73. The first kappa shape index (κ1) is 16.2. The lowest BCUT2D eigenvalue weighted by atomic mass is 9.93. The minimum atomic E-state index is -4.69. The fourth-order valence-corrected chi connectivity index (χ4v) is 2.15. The molecule has 1 aliphatic heterocycles. The van der Waals surface area contributed by atoms with Crippen molar-refractivity contribution in [2.24, 2.45) is 5.73 Å². The van der Waals surface area contributed by atoms with Gasteiger partial charge in [-0.2, -0.15) is 18.2 Å². The Labute approximate surface area is 119 Å². The number of nitrogens with zero attached hydrogens (tertiary/aromatic N) is 2. The van der Waals surface area contributed by atoms with E-state index >= 15 is 0 Å². The van der Waals surface area contributed by atoms with Crippen molar-refractivity contribution in [3.8, 4) is 0 Å². The Morgan fingerprint density at radius 3 is 2.48 bits per heavy atom. The topological polar surface area (TPSA) is 83.4 Å². The van der Waals surface area contributed by atoms with E-state index in [1.807, 2.05) is 0 Å². The van der Waals surface area contributed by atoms with E-state index in [0.29, 0.717) is 32.7 Å². The van der Waals surface area contributed by atoms with E-state index in [0.717, 1.165) is 6.92 Å². The molecule has 9 heteroatoms. The van der Waals surface area contributed by atoms with E-state index in [1.54, 1.807) is 6.92 Å². The first-order valence-electron chi connectivity index (χ1n) is 6.65. The van der Waals surface area contributed by atoms with Crippen molar-refractivity contribution in [2.75, 3.05) is 19.8 Å². The highest BCUT2D eigenvalue weighted by Gasteiger charge is 2.54. The van der Waals surface area contributed by atoms with Crippen molar-refractivity contribution >= 4 is 0 Å². The molecule has 0 saturated carbocycles. The fourth-order valence-electron chi connectivity index (χ4n) is 2.15. The largest absolute Gasteiger partial charge is 0.415 e. The number of alkyl halides is 3. The average molecular weight is 309 g/mol. The molecule has 1 aliphatic rings. The zero-order valence-electron chi connectivity index (χ0n) is 11.9. The lowest BCUT2D eigenvalue weighted by Crippen LogP contribution is -2.48. The van der Waals surface area contributed by atoms with Gasteiger partial charge in [0.1, 0.15) is 5.60 Å². The maximum Gasteiger partial charge on any atom is 0.415 e. The molecular weight excluding hydrogens is 291 g/mol. The van der Waals surface area contributed by atoms with Crippen LogP contribution in [0.2, 0.25) is 0 Å². The predicted octanol–water partition coefficient (Wildman–Crippen LogP) is 1.85. The van der Waals surface area contributed by atoms with Crippen molar-refractivity contribution in [1.82, 2.24) is 10.1 Å². The zero-order chi connectivity index (χ0) is 15.7. The summed E-state index contributed by atoms with van der Waals surface area (Å²) < 4.78 is 54.4. The SMILES string of the molecule is CCOC1(c2noc(C(C)(N)C(F)(F)F)n2)CCOCC1. The molecule has 21 heavy (non-hydrogen) atoms. The molecule has 0 spiro atoms. The van der Waals surface area contributed by atoms with E-state index in [2.05, 4.69) is 10.1 Å². The highest BCUT2D eigenvalue weighted by Crippen LogP contribution is 2.38. The van der Waals surface area contributed by atoms with Crippen molar-refractivity contribution in [1.29, 1.82) is 0 Å². The number of ether oxygens (including phenoxy) is 2. The molecule has 1 fully saturated rings. The van der Waals surface area contributed by atoms with Gasteiger partial charge >= 0.3 is 6.18 Å². The molecule has 1 saturated heterocycles. The third kappa shape index (κ3) is 2.90. The highest BCUT2D eigenvalue weighted by atomic mass is 19.4. The summed E-state index contributed by atoms with van der Waals surface area (Å²) in [6, 6.07) is 0. The standard InChI is InChI=1S/C12H18F3N3O3/c1-3-20-11(4-6-19-7-5-11)8-17-9(21-18-8)10(2,16)12(13,14)15/h3-7,16H2,1-2H3. The Bertz CT molecular complexity index is 476. The van der Waals surface area contributed by atoms with Gasteiger partial charge in [-0.05, 0) is 13.8 Å². The van der Waals surface area contributed by atoms with Gasteiger partial charge in [-0.1, -0.05) is 5.16 Å². The van der Waals surface area contributed by atoms with Crippen LogP contribution >= 0.6 is 0 Å². The molecule has 0 aliphatic carbocycles. The number of halogens is 3. The van der Waals surface area contributed by atoms with Crippen LogP contribution in [0.4, 0.5) is 13.2 Å². The second-order valence-corrected chi connectivity index (χ2v) is 5.16. The number of hydrogen-bond donors (Lipinski definition) is 1. The summed E-state index contributed by atoms with van der Waals surface area (Å²) in [5.74, 6) is -0.584. The van der Waals surface area contributed by atoms with Crippen molar-refractivity contribution < 1.29 is 27.2 Å². The number of nitrogens with two attached hydrogens (primary N) is 1. The van der Waals surface area contributed by atoms with Crippen molar-refractivity contribution in [2.45, 2.75) is 44.0 Å². The molecule has 2 heterocycles. The van der Waals surface area contributed by atoms with Crippen LogP contribution < -0.4 is 5.73 Å². The summed E-state index contributed by atoms with van der Waals surface area (Å²) in [7, 11) is 0. The van der Waals surface area contributed by atoms with Crippen molar-refractivity contribution in [3.05, 3.63) is 11.7 Å². The van der Waals surface area contributed by atoms with E-state index in [-0.39, 0.29) is 5.82 Å². The molecule has 1 aromatic heterocycles. The van der Waals surface area contributed by atoms with Crippen LogP contribution in [0.5, 0.6) is 0 Å². The summed E-state index contributed by atoms with van der Waals surface area (Å²) >= 11 is 0. The predicted molar refractivity (Wildman–Crippen MR) is 65.2 cm³/mol. The minimum absolute atomic E-state index is 0.0866. The van der Waals surface area contributed by atoms with Gasteiger partial charge < -0.3 is 19.7 Å². The molecule has 0 aromatic carbocycles. The van der Waals surface area contributed by atoms with Crippen LogP contribution in [0.1, 0.15) is 38.4 Å². The Morgan fingerprint density at radius 2 is 1.95 bits per heavy atom. The van der Waals surface area contributed by atoms with E-state index in [4.69, 9.17) is 19.7 Å². The molecule has 6 nitrogen and oxygen atoms in total. The minimum Gasteiger partial charge on any atom is -0.381 e. The molecule has 1 unspecified atom stereocenters. The second-order valence-electron chi connectivity index (χ2n) is 5.16. The summed E-state index contributed by atoms with van der Waals surface area (Å²) in [6.07, 6.45) is -3.79. The summed E-state index contributed by atoms with van der Waals surface area (Å²) in [5.41, 5.74) is 1.71. The quantitative estimate of drug-likeness (QED) is 0.914. The van der Waals surface area contributed by atoms with Gasteiger partial charge in [0.2, 0.25) is 5.82 Å². The average Bonchev–Trinajstić information content (AvgIpc) is 2.89. The Morgan fingerprint density at radius 1 is 1.33 bits per heavy atom. The zero-order valence-corrected chi connectivity index (χ0v) is 11.9. The molecule has 0 bridgehead atoms. The van der Waals surface area contributed by atoms with Gasteiger partial charge in [-0.25, -0.2) is 0 Å². The van der Waals surface area contributed by atoms with Crippen LogP contribution in [0.25, 0.3) is 0 Å². The number of hydrogen-bond acceptors (Lipinski definition) is 6. The number of aromatic nitrogens is 2. The van der Waals surface area contributed by atoms with E-state index in [1.165, 1.54) is 0 Å². The van der Waals surface area contributed by atoms with Crippen molar-refractivity contribution in [3.63, 3.8) is 0 Å². The van der Waals surface area contributed by atoms with Gasteiger partial charge in [0.05, 0.1) is 0 Å². The first-order valence-corrected chi connectivity index (χ1v) is 6.65. The van der Waals surface area contributed by atoms with Gasteiger partial charge in [0, 0.05) is 32.7 Å². The molecule has 1 aromatic rings. The summed E-state index contributed by atoms with van der Waals surface area (Å²) in [5, 5.41) is 3.66. The Kier molecular flexibility index (Phi) is 4.27. The third-order valence-corrected chi connectivity index (χ3v) is 3.59. The molecule has 2 rings (SSSR count). The van der Waals surface area contributed by atoms with Crippen LogP contribution in [0, 0.1) is 0 Å². The smallest absolute Gasteiger partial charge is 0.381 e. The fraction of sp³-hybridized carbons (Fsp3) is 0.833. The maximum atomic E-state index is 12.9. The normalized spacial score (nSPS) is 22.0. The van der Waals surface area contributed by atoms with Crippen LogP contribution in [-0.2, 0) is 20.6 Å². The van der Waals surface area contributed by atoms with Crippen LogP contribution in [0.15, 0.2) is 4.52 Å². The second kappa shape index (κ2) is 5.54. The Hall–Kier alpha value is -1.19. The molecule has 0 radical (unpaired) electrons. The molecule has 2 N–H and O–H groups in total. The van der Waals surface area contributed by atoms with E-state index in [9.17, 15) is 13.2 Å². The Balaban J connectivity index is 2.33. The molecule has 120 valence electrons. The summed E-state index contributed by atoms with van der Waals surface area (Å²) in [4.78, 5) is 3.86. The van der Waals surface area contributed by atoms with Crippen LogP contribution in [0.3, 0.4) is 0 Å². The van der Waals surface area contributed by atoms with Gasteiger partial charge in [0.15, 0.2) is 5.54 Å². The monoisotopic (exact) mass is 309 g/mol. The summed E-state index contributed by atoms with van der Waals surface area (Å²) in [6.45, 7) is 3.80. The van der Waals surface area contributed by atoms with E-state index < -0.39 is 23.2 Å². The van der Waals surface area contributed by atoms with Gasteiger partial charge in [-0.15, -0.1) is 0 Å². The molecule has 1 atom stereocenters. The van der Waals surface area contributed by atoms with Gasteiger partial charge in [0.25, 0.3) is 5.89 Å². The third-order valence-electron chi connectivity index (χ3n) is 3.59. The highest BCUT2D eigenvalue weighted by molar-refractivity contribution is 5.09. The van der Waals surface area contributed by atoms with Crippen LogP contribution in [-0.4, -0.2) is 36.1 Å². The molecule has 0 amide bonds. The lowest BCUT2D eigenvalue weighted by molar-refractivity contribution is -0.190.